The molecule has 0 aromatic rings. The van der Waals surface area contributed by atoms with Gasteiger partial charge in [-0.2, -0.15) is 0 Å². The highest BCUT2D eigenvalue weighted by Crippen LogP contribution is 2.33. The summed E-state index contributed by atoms with van der Waals surface area (Å²) >= 11 is 1.58. The summed E-state index contributed by atoms with van der Waals surface area (Å²) in [5, 5.41) is 7.01. The third kappa shape index (κ3) is 5.90. The molecule has 2 aliphatic heterocycles. The van der Waals surface area contributed by atoms with Crippen LogP contribution >= 0.6 is 11.8 Å². The maximum atomic E-state index is 11.0. The first kappa shape index (κ1) is 20.1. The molecule has 1 aliphatic carbocycles. The van der Waals surface area contributed by atoms with Crippen molar-refractivity contribution in [2.24, 2.45) is 4.99 Å². The Morgan fingerprint density at radius 2 is 2.07 bits per heavy atom. The van der Waals surface area contributed by atoms with Gasteiger partial charge in [-0.15, -0.1) is 0 Å². The Balaban J connectivity index is 1.38. The van der Waals surface area contributed by atoms with Gasteiger partial charge in [0.2, 0.25) is 5.91 Å². The summed E-state index contributed by atoms with van der Waals surface area (Å²) in [5.41, 5.74) is 0.973. The minimum atomic E-state index is -0.0205. The molecule has 150 valence electrons. The second kappa shape index (κ2) is 9.50. The van der Waals surface area contributed by atoms with Crippen molar-refractivity contribution in [3.63, 3.8) is 0 Å². The van der Waals surface area contributed by atoms with Crippen LogP contribution in [0.25, 0.3) is 0 Å². The maximum Gasteiger partial charge on any atom is 0.253 e. The molecule has 7 nitrogen and oxygen atoms in total. The number of rotatable bonds is 7. The van der Waals surface area contributed by atoms with E-state index in [9.17, 15) is 4.79 Å². The number of thioether (sulfide) groups is 1. The quantitative estimate of drug-likeness (QED) is 0.690. The van der Waals surface area contributed by atoms with E-state index in [1.165, 1.54) is 6.92 Å². The third-order valence-electron chi connectivity index (χ3n) is 4.60. The molecule has 0 aromatic heterocycles. The van der Waals surface area contributed by atoms with Crippen LogP contribution in [0.15, 0.2) is 28.7 Å². The van der Waals surface area contributed by atoms with Gasteiger partial charge in [-0.05, 0) is 63.4 Å². The molecule has 2 N–H and O–H groups in total. The molecule has 2 atom stereocenters. The van der Waals surface area contributed by atoms with E-state index in [2.05, 4.69) is 15.6 Å². The number of aliphatic imine (C=N–C) groups is 1. The standard InChI is InChI=1S/C19H29N3O4S/c1-4-24-19-21-16-9-10-17(22-18(16)27-19)26-15-7-5-14(6-8-15)25-11-12(2)20-13(3)23/h9-10,12,14-15,18,22H,4-8,11H2,1-3H3,(H,20,23)/t12-,14-,15-,18+/m0/s1. The zero-order valence-corrected chi connectivity index (χ0v) is 17.0. The zero-order valence-electron chi connectivity index (χ0n) is 16.2. The van der Waals surface area contributed by atoms with Crippen LogP contribution in [0.5, 0.6) is 0 Å². The lowest BCUT2D eigenvalue weighted by atomic mass is 9.95. The Morgan fingerprint density at radius 1 is 1.33 bits per heavy atom. The highest BCUT2D eigenvalue weighted by Gasteiger charge is 2.30. The van der Waals surface area contributed by atoms with E-state index in [4.69, 9.17) is 14.2 Å². The van der Waals surface area contributed by atoms with Gasteiger partial charge in [0, 0.05) is 13.0 Å². The van der Waals surface area contributed by atoms with Crippen LogP contribution in [-0.2, 0) is 19.0 Å². The lowest BCUT2D eigenvalue weighted by Crippen LogP contribution is -2.37. The van der Waals surface area contributed by atoms with Gasteiger partial charge in [-0.25, -0.2) is 4.99 Å². The van der Waals surface area contributed by atoms with Gasteiger partial charge in [-0.3, -0.25) is 4.79 Å². The first-order valence-corrected chi connectivity index (χ1v) is 10.5. The van der Waals surface area contributed by atoms with Gasteiger partial charge in [-0.1, -0.05) is 0 Å². The summed E-state index contributed by atoms with van der Waals surface area (Å²) in [5.74, 6) is 0.778. The monoisotopic (exact) mass is 395 g/mol. The van der Waals surface area contributed by atoms with Gasteiger partial charge in [0.25, 0.3) is 5.23 Å². The zero-order chi connectivity index (χ0) is 19.2. The summed E-state index contributed by atoms with van der Waals surface area (Å²) < 4.78 is 17.6. The molecule has 0 aromatic carbocycles. The number of allylic oxidation sites excluding steroid dienone is 2. The SMILES string of the molecule is CCOC1=NC2=CC=C(O[C@H]3CC[C@H](OC[C@H](C)NC(C)=O)CC3)N[C@@H]2S1. The Hall–Kier alpha value is -1.67. The number of fused-ring (bicyclic) bond motifs is 1. The van der Waals surface area contributed by atoms with E-state index < -0.39 is 0 Å². The molecule has 0 radical (unpaired) electrons. The first-order valence-electron chi connectivity index (χ1n) is 9.65. The Labute approximate surface area is 165 Å². The normalized spacial score (nSPS) is 28.1. The van der Waals surface area contributed by atoms with Crippen molar-refractivity contribution in [3.05, 3.63) is 23.7 Å². The molecule has 1 saturated carbocycles. The molecule has 27 heavy (non-hydrogen) atoms. The van der Waals surface area contributed by atoms with E-state index in [0.717, 1.165) is 37.3 Å². The third-order valence-corrected chi connectivity index (χ3v) is 5.61. The van der Waals surface area contributed by atoms with Crippen molar-refractivity contribution in [1.82, 2.24) is 10.6 Å². The van der Waals surface area contributed by atoms with E-state index in [0.29, 0.717) is 18.4 Å². The number of ether oxygens (including phenoxy) is 3. The number of carbonyl (C=O) groups excluding carboxylic acids is 1. The molecule has 0 spiro atoms. The van der Waals surface area contributed by atoms with Crippen LogP contribution in [-0.4, -0.2) is 48.0 Å². The average Bonchev–Trinajstić information content (AvgIpc) is 3.02. The van der Waals surface area contributed by atoms with Crippen molar-refractivity contribution < 1.29 is 19.0 Å². The van der Waals surface area contributed by atoms with Crippen LogP contribution in [0.4, 0.5) is 0 Å². The lowest BCUT2D eigenvalue weighted by Gasteiger charge is -2.31. The molecular formula is C19H29N3O4S. The summed E-state index contributed by atoms with van der Waals surface area (Å²) in [7, 11) is 0. The number of carbonyl (C=O) groups is 1. The number of nitrogens with zero attached hydrogens (tertiary/aromatic N) is 1. The average molecular weight is 396 g/mol. The van der Waals surface area contributed by atoms with E-state index in [-0.39, 0.29) is 29.5 Å². The number of nitrogens with one attached hydrogen (secondary N) is 2. The summed E-state index contributed by atoms with van der Waals surface area (Å²) in [4.78, 5) is 15.5. The Morgan fingerprint density at radius 3 is 2.78 bits per heavy atom. The Bertz CT molecular complexity index is 626. The van der Waals surface area contributed by atoms with E-state index in [1.807, 2.05) is 26.0 Å². The number of hydrogen-bond acceptors (Lipinski definition) is 7. The van der Waals surface area contributed by atoms with Gasteiger partial charge in [0.1, 0.15) is 11.5 Å². The van der Waals surface area contributed by atoms with Crippen molar-refractivity contribution in [1.29, 1.82) is 0 Å². The number of hydrogen-bond donors (Lipinski definition) is 2. The number of amides is 1. The van der Waals surface area contributed by atoms with Gasteiger partial charge in [0.05, 0.1) is 25.0 Å². The minimum absolute atomic E-state index is 0.0205. The lowest BCUT2D eigenvalue weighted by molar-refractivity contribution is -0.120. The molecular weight excluding hydrogens is 366 g/mol. The topological polar surface area (TPSA) is 81.2 Å². The molecule has 0 bridgehead atoms. The van der Waals surface area contributed by atoms with Crippen molar-refractivity contribution in [2.45, 2.75) is 70.1 Å². The van der Waals surface area contributed by atoms with Crippen LogP contribution in [0.1, 0.15) is 46.5 Å². The predicted molar refractivity (Wildman–Crippen MR) is 106 cm³/mol. The molecule has 8 heteroatoms. The van der Waals surface area contributed by atoms with Crippen LogP contribution in [0.3, 0.4) is 0 Å². The van der Waals surface area contributed by atoms with E-state index in [1.54, 1.807) is 11.8 Å². The molecule has 1 amide bonds. The second-order valence-electron chi connectivity index (χ2n) is 7.03. The molecule has 0 saturated heterocycles. The van der Waals surface area contributed by atoms with Gasteiger partial charge >= 0.3 is 0 Å². The highest BCUT2D eigenvalue weighted by atomic mass is 32.2. The minimum Gasteiger partial charge on any atom is -0.476 e. The van der Waals surface area contributed by atoms with Gasteiger partial charge < -0.3 is 24.8 Å². The fourth-order valence-corrected chi connectivity index (χ4v) is 4.32. The largest absolute Gasteiger partial charge is 0.476 e. The molecule has 2 heterocycles. The smallest absolute Gasteiger partial charge is 0.253 e. The maximum absolute atomic E-state index is 11.0. The predicted octanol–water partition coefficient (Wildman–Crippen LogP) is 2.65. The van der Waals surface area contributed by atoms with Crippen LogP contribution in [0.2, 0.25) is 0 Å². The summed E-state index contributed by atoms with van der Waals surface area (Å²) in [6.45, 7) is 6.62. The highest BCUT2D eigenvalue weighted by molar-refractivity contribution is 8.14. The van der Waals surface area contributed by atoms with Crippen LogP contribution in [0, 0.1) is 0 Å². The van der Waals surface area contributed by atoms with Crippen molar-refractivity contribution >= 4 is 22.9 Å². The van der Waals surface area contributed by atoms with Crippen molar-refractivity contribution in [3.8, 4) is 0 Å². The molecule has 3 rings (SSSR count). The van der Waals surface area contributed by atoms with Crippen LogP contribution < -0.4 is 10.6 Å². The van der Waals surface area contributed by atoms with Crippen molar-refractivity contribution in [2.75, 3.05) is 13.2 Å². The number of dihydropyridines is 1. The van der Waals surface area contributed by atoms with Gasteiger partial charge in [0.15, 0.2) is 5.88 Å². The van der Waals surface area contributed by atoms with E-state index >= 15 is 0 Å². The Kier molecular flexibility index (Phi) is 7.07. The molecule has 0 unspecified atom stereocenters. The fraction of sp³-hybridized carbons (Fsp3) is 0.684. The summed E-state index contributed by atoms with van der Waals surface area (Å²) in [6.07, 6.45) is 8.26. The first-order chi connectivity index (χ1) is 13.0. The fourth-order valence-electron chi connectivity index (χ4n) is 3.35. The molecule has 1 fully saturated rings. The second-order valence-corrected chi connectivity index (χ2v) is 8.08. The summed E-state index contributed by atoms with van der Waals surface area (Å²) in [6, 6.07) is 0.0433. The molecule has 3 aliphatic rings.